The number of aryl methyl sites for hydroxylation is 2. The number of piperidine rings is 1. The molecule has 42 heavy (non-hydrogen) atoms. The van der Waals surface area contributed by atoms with Gasteiger partial charge in [0.15, 0.2) is 0 Å². The second-order valence-corrected chi connectivity index (χ2v) is 13.5. The van der Waals surface area contributed by atoms with Crippen LogP contribution in [0.2, 0.25) is 0 Å². The van der Waals surface area contributed by atoms with Gasteiger partial charge in [0.25, 0.3) is 5.56 Å². The van der Waals surface area contributed by atoms with E-state index in [1.807, 2.05) is 32.3 Å². The van der Waals surface area contributed by atoms with E-state index in [0.717, 1.165) is 40.4 Å². The number of aromatic nitrogens is 3. The number of amides is 1. The number of carbonyl (C=O) groups excluding carboxylic acids is 1. The number of nitrogens with zero attached hydrogens (tertiary/aromatic N) is 4. The van der Waals surface area contributed by atoms with Gasteiger partial charge in [0, 0.05) is 31.6 Å². The number of nitrogens with one attached hydrogen (secondary N) is 1. The fraction of sp³-hybridized carbons (Fsp3) is 0.485. The molecule has 0 saturated carbocycles. The predicted molar refractivity (Wildman–Crippen MR) is 166 cm³/mol. The maximum absolute atomic E-state index is 14.4. The molecule has 1 N–H and O–H groups in total. The Labute approximate surface area is 246 Å². The van der Waals surface area contributed by atoms with Crippen molar-refractivity contribution in [3.8, 4) is 0 Å². The van der Waals surface area contributed by atoms with Gasteiger partial charge in [-0.15, -0.1) is 0 Å². The number of anilines is 1. The van der Waals surface area contributed by atoms with Gasteiger partial charge in [0.05, 0.1) is 12.1 Å². The third kappa shape index (κ3) is 5.87. The fourth-order valence-electron chi connectivity index (χ4n) is 5.71. The van der Waals surface area contributed by atoms with E-state index >= 15 is 0 Å². The van der Waals surface area contributed by atoms with Crippen LogP contribution in [-0.4, -0.2) is 44.9 Å². The van der Waals surface area contributed by atoms with Crippen LogP contribution in [0.15, 0.2) is 41.2 Å². The van der Waals surface area contributed by atoms with Crippen LogP contribution < -0.4 is 15.8 Å². The number of imidazole rings is 1. The summed E-state index contributed by atoms with van der Waals surface area (Å²) < 4.78 is 23.5. The van der Waals surface area contributed by atoms with E-state index in [0.29, 0.717) is 30.1 Å². The van der Waals surface area contributed by atoms with Crippen LogP contribution in [0, 0.1) is 12.7 Å². The topological polar surface area (TPSA) is 81.4 Å². The van der Waals surface area contributed by atoms with Crippen molar-refractivity contribution in [3.63, 3.8) is 0 Å². The lowest BCUT2D eigenvalue weighted by Gasteiger charge is -2.34. The van der Waals surface area contributed by atoms with Gasteiger partial charge in [0.1, 0.15) is 22.5 Å². The minimum Gasteiger partial charge on any atom is -0.444 e. The highest BCUT2D eigenvalue weighted by atomic mass is 19.1. The van der Waals surface area contributed by atoms with Crippen molar-refractivity contribution in [1.82, 2.24) is 19.4 Å². The summed E-state index contributed by atoms with van der Waals surface area (Å²) in [6.45, 7) is 15.4. The van der Waals surface area contributed by atoms with Gasteiger partial charge in [-0.3, -0.25) is 4.79 Å². The average molecular weight is 576 g/mol. The van der Waals surface area contributed by atoms with Crippen molar-refractivity contribution >= 4 is 34.0 Å². The van der Waals surface area contributed by atoms with Gasteiger partial charge in [-0.25, -0.2) is 14.2 Å². The summed E-state index contributed by atoms with van der Waals surface area (Å²) in [6.07, 6.45) is 1.18. The normalized spacial score (nSPS) is 16.3. The first kappa shape index (κ1) is 29.6. The second kappa shape index (κ2) is 10.7. The number of alkyl carbamates (subject to hydrolysis) is 1. The molecule has 0 aliphatic carbocycles. The van der Waals surface area contributed by atoms with E-state index < -0.39 is 11.7 Å². The van der Waals surface area contributed by atoms with E-state index in [-0.39, 0.29) is 29.4 Å². The zero-order chi connectivity index (χ0) is 30.6. The van der Waals surface area contributed by atoms with Crippen molar-refractivity contribution in [2.75, 3.05) is 18.0 Å². The molecule has 1 fully saturated rings. The number of ether oxygens (including phenoxy) is 1. The Bertz CT molecular complexity index is 1720. The maximum atomic E-state index is 14.4. The molecule has 5 rings (SSSR count). The number of rotatable bonds is 4. The lowest BCUT2D eigenvalue weighted by molar-refractivity contribution is 0.0499. The summed E-state index contributed by atoms with van der Waals surface area (Å²) in [7, 11) is 1.79. The molecule has 0 spiro atoms. The Morgan fingerprint density at radius 3 is 2.55 bits per heavy atom. The average Bonchev–Trinajstić information content (AvgIpc) is 3.27. The van der Waals surface area contributed by atoms with Crippen molar-refractivity contribution in [3.05, 3.63) is 69.3 Å². The molecule has 2 aromatic carbocycles. The summed E-state index contributed by atoms with van der Waals surface area (Å²) in [4.78, 5) is 33.8. The lowest BCUT2D eigenvalue weighted by atomic mass is 9.86. The highest BCUT2D eigenvalue weighted by Crippen LogP contribution is 2.32. The molecule has 2 aromatic heterocycles. The van der Waals surface area contributed by atoms with Crippen LogP contribution >= 0.6 is 0 Å². The molecule has 1 aliphatic heterocycles. The maximum Gasteiger partial charge on any atom is 0.407 e. The van der Waals surface area contributed by atoms with E-state index in [9.17, 15) is 14.0 Å². The summed E-state index contributed by atoms with van der Waals surface area (Å²) in [5.41, 5.74) is 3.94. The van der Waals surface area contributed by atoms with Gasteiger partial charge in [0.2, 0.25) is 5.95 Å². The van der Waals surface area contributed by atoms with E-state index in [1.165, 1.54) is 12.1 Å². The third-order valence-corrected chi connectivity index (χ3v) is 8.00. The Morgan fingerprint density at radius 2 is 1.86 bits per heavy atom. The highest BCUT2D eigenvalue weighted by Gasteiger charge is 2.29. The molecule has 1 saturated heterocycles. The molecule has 0 unspecified atom stereocenters. The molecular formula is C33H42FN5O3. The third-order valence-electron chi connectivity index (χ3n) is 8.00. The minimum absolute atomic E-state index is 0.0808. The standard InChI is InChI=1S/C33H42FN5O3/c1-20-11-13-23(34)16-21(20)18-39-28-27(25-14-12-22(32(2,3)4)17-26(25)37(8)29(28)40)36-30(39)38-15-9-10-24(19-38)35-31(41)42-33(5,6)7/h11-14,16-17,24H,9-10,15,18-19H2,1-8H3,(H,35,41)/t24-/m1/s1. The molecule has 224 valence electrons. The van der Waals surface area contributed by atoms with Crippen LogP contribution in [0.5, 0.6) is 0 Å². The number of fused-ring (bicyclic) bond motifs is 3. The van der Waals surface area contributed by atoms with Crippen LogP contribution in [0.25, 0.3) is 21.9 Å². The van der Waals surface area contributed by atoms with Crippen LogP contribution in [0.1, 0.15) is 71.1 Å². The molecule has 8 nitrogen and oxygen atoms in total. The first-order valence-corrected chi connectivity index (χ1v) is 14.7. The Kier molecular flexibility index (Phi) is 7.58. The summed E-state index contributed by atoms with van der Waals surface area (Å²) in [5, 5.41) is 3.90. The van der Waals surface area contributed by atoms with Crippen LogP contribution in [0.4, 0.5) is 15.1 Å². The Balaban J connectivity index is 1.66. The molecule has 0 radical (unpaired) electrons. The largest absolute Gasteiger partial charge is 0.444 e. The summed E-state index contributed by atoms with van der Waals surface area (Å²) >= 11 is 0. The lowest BCUT2D eigenvalue weighted by Crippen LogP contribution is -2.49. The molecule has 1 atom stereocenters. The smallest absolute Gasteiger partial charge is 0.407 e. The van der Waals surface area contributed by atoms with Gasteiger partial charge >= 0.3 is 6.09 Å². The van der Waals surface area contributed by atoms with E-state index in [1.54, 1.807) is 17.7 Å². The Morgan fingerprint density at radius 1 is 1.12 bits per heavy atom. The van der Waals surface area contributed by atoms with Crippen molar-refractivity contribution in [1.29, 1.82) is 0 Å². The number of carbonyl (C=O) groups is 1. The quantitative estimate of drug-likeness (QED) is 0.315. The molecule has 1 amide bonds. The van der Waals surface area contributed by atoms with Crippen LogP contribution in [-0.2, 0) is 23.7 Å². The van der Waals surface area contributed by atoms with Gasteiger partial charge in [-0.2, -0.15) is 0 Å². The summed E-state index contributed by atoms with van der Waals surface area (Å²) in [5.74, 6) is 0.308. The fourth-order valence-corrected chi connectivity index (χ4v) is 5.71. The molecule has 0 bridgehead atoms. The van der Waals surface area contributed by atoms with Crippen molar-refractivity contribution in [2.45, 2.75) is 84.9 Å². The van der Waals surface area contributed by atoms with Crippen LogP contribution in [0.3, 0.4) is 0 Å². The van der Waals surface area contributed by atoms with E-state index in [2.05, 4.69) is 49.2 Å². The van der Waals surface area contributed by atoms with Crippen molar-refractivity contribution in [2.24, 2.45) is 7.05 Å². The zero-order valence-electron chi connectivity index (χ0n) is 26.0. The number of halogens is 1. The SMILES string of the molecule is Cc1ccc(F)cc1Cn1c(N2CCC[C@@H](NC(=O)OC(C)(C)C)C2)nc2c3ccc(C(C)(C)C)cc3n(C)c(=O)c21. The summed E-state index contributed by atoms with van der Waals surface area (Å²) in [6, 6.07) is 10.8. The minimum atomic E-state index is -0.594. The molecule has 4 aromatic rings. The molecule has 9 heteroatoms. The first-order chi connectivity index (χ1) is 19.6. The van der Waals surface area contributed by atoms with Gasteiger partial charge in [-0.05, 0) is 80.8 Å². The zero-order valence-corrected chi connectivity index (χ0v) is 26.0. The number of benzene rings is 2. The molecular weight excluding hydrogens is 533 g/mol. The van der Waals surface area contributed by atoms with Gasteiger partial charge < -0.3 is 24.1 Å². The molecule has 1 aliphatic rings. The highest BCUT2D eigenvalue weighted by molar-refractivity contribution is 6.03. The second-order valence-electron chi connectivity index (χ2n) is 13.5. The predicted octanol–water partition coefficient (Wildman–Crippen LogP) is 6.18. The van der Waals surface area contributed by atoms with E-state index in [4.69, 9.17) is 9.72 Å². The molecule has 3 heterocycles. The number of hydrogen-bond acceptors (Lipinski definition) is 5. The number of hydrogen-bond donors (Lipinski definition) is 1. The van der Waals surface area contributed by atoms with Crippen molar-refractivity contribution < 1.29 is 13.9 Å². The monoisotopic (exact) mass is 575 g/mol. The Hall–Kier alpha value is -3.88. The number of pyridine rings is 1. The first-order valence-electron chi connectivity index (χ1n) is 14.7. The van der Waals surface area contributed by atoms with Gasteiger partial charge in [-0.1, -0.05) is 39.0 Å².